The molecule has 332 valence electrons. The summed E-state index contributed by atoms with van der Waals surface area (Å²) in [5.41, 5.74) is 1.82. The van der Waals surface area contributed by atoms with Crippen molar-refractivity contribution in [3.8, 4) is 5.75 Å². The number of aryl methyl sites for hydroxylation is 2. The van der Waals surface area contributed by atoms with Crippen LogP contribution in [0.1, 0.15) is 68.6 Å². The molecule has 2 aromatic carbocycles. The van der Waals surface area contributed by atoms with Gasteiger partial charge in [-0.25, -0.2) is 22.9 Å². The fourth-order valence-corrected chi connectivity index (χ4v) is 7.81. The number of fused-ring (bicyclic) bond motifs is 14. The van der Waals surface area contributed by atoms with Crippen LogP contribution in [0.2, 0.25) is 0 Å². The number of aromatic nitrogens is 5. The molecule has 61 heavy (non-hydrogen) atoms. The zero-order valence-corrected chi connectivity index (χ0v) is 35.7. The van der Waals surface area contributed by atoms with E-state index in [4.69, 9.17) is 14.6 Å². The van der Waals surface area contributed by atoms with Crippen molar-refractivity contribution in [2.75, 3.05) is 6.61 Å². The van der Waals surface area contributed by atoms with Crippen LogP contribution in [0, 0.1) is 25.7 Å². The molecule has 4 heterocycles. The number of carbonyl (C=O) groups excluding carboxylic acids is 3. The molecular formula is C40H52F3N9O8S. The van der Waals surface area contributed by atoms with Crippen molar-refractivity contribution < 1.29 is 50.6 Å². The van der Waals surface area contributed by atoms with E-state index in [-0.39, 0.29) is 54.7 Å². The maximum absolute atomic E-state index is 14.3. The van der Waals surface area contributed by atoms with Gasteiger partial charge in [0.25, 0.3) is 0 Å². The first kappa shape index (κ1) is 47.8. The fourth-order valence-electron chi connectivity index (χ4n) is 6.42. The Morgan fingerprint density at radius 2 is 1.62 bits per heavy atom. The zero-order valence-electron chi connectivity index (χ0n) is 34.9. The Labute approximate surface area is 351 Å². The van der Waals surface area contributed by atoms with Crippen molar-refractivity contribution in [1.82, 2.24) is 45.2 Å². The number of carbonyl (C=O) groups is 4. The highest BCUT2D eigenvalue weighted by atomic mass is 32.2. The van der Waals surface area contributed by atoms with Crippen molar-refractivity contribution in [1.29, 1.82) is 0 Å². The minimum Gasteiger partial charge on any atom is -0.491 e. The predicted molar refractivity (Wildman–Crippen MR) is 215 cm³/mol. The molecule has 2 aliphatic heterocycles. The third-order valence-electron chi connectivity index (χ3n) is 9.53. The number of nitrogens with one attached hydrogen (secondary N) is 4. The molecule has 0 radical (unpaired) electrons. The lowest BCUT2D eigenvalue weighted by Crippen LogP contribution is -2.55. The smallest absolute Gasteiger partial charge is 0.490 e. The van der Waals surface area contributed by atoms with Crippen LogP contribution in [0.3, 0.4) is 0 Å². The second-order valence-electron chi connectivity index (χ2n) is 15.4. The van der Waals surface area contributed by atoms with Crippen LogP contribution in [-0.4, -0.2) is 92.7 Å². The van der Waals surface area contributed by atoms with Crippen molar-refractivity contribution in [3.05, 3.63) is 89.3 Å². The number of halogens is 3. The number of hydrogen-bond acceptors (Lipinski definition) is 10. The molecule has 4 atom stereocenters. The first-order chi connectivity index (χ1) is 28.5. The minimum atomic E-state index is -5.08. The third kappa shape index (κ3) is 13.9. The number of carboxylic acids is 1. The molecule has 0 saturated heterocycles. The monoisotopic (exact) mass is 875 g/mol. The molecule has 5 N–H and O–H groups in total. The number of benzene rings is 2. The molecule has 6 rings (SSSR count). The van der Waals surface area contributed by atoms with E-state index >= 15 is 0 Å². The Bertz CT molecular complexity index is 2250. The van der Waals surface area contributed by atoms with E-state index in [0.717, 1.165) is 5.56 Å². The number of aliphatic carboxylic acids is 1. The number of hydrogen-bond donors (Lipinski definition) is 5. The van der Waals surface area contributed by atoms with Crippen molar-refractivity contribution in [3.63, 3.8) is 0 Å². The largest absolute Gasteiger partial charge is 0.491 e. The molecule has 17 nitrogen and oxygen atoms in total. The maximum Gasteiger partial charge on any atom is 0.490 e. The van der Waals surface area contributed by atoms with Crippen molar-refractivity contribution >= 4 is 33.7 Å². The Morgan fingerprint density at radius 3 is 2.18 bits per heavy atom. The van der Waals surface area contributed by atoms with Crippen LogP contribution in [0.4, 0.5) is 13.2 Å². The Hall–Kier alpha value is -5.83. The van der Waals surface area contributed by atoms with Gasteiger partial charge in [0, 0.05) is 13.5 Å². The average Bonchev–Trinajstić information content (AvgIpc) is 3.71. The number of rotatable bonds is 8. The summed E-state index contributed by atoms with van der Waals surface area (Å²) in [6.45, 7) is 11.4. The number of ether oxygens (including phenoxy) is 1. The highest BCUT2D eigenvalue weighted by molar-refractivity contribution is 7.89. The maximum atomic E-state index is 14.3. The van der Waals surface area contributed by atoms with Crippen molar-refractivity contribution in [2.45, 2.75) is 103 Å². The van der Waals surface area contributed by atoms with Crippen LogP contribution >= 0.6 is 0 Å². The predicted octanol–water partition coefficient (Wildman–Crippen LogP) is 3.32. The van der Waals surface area contributed by atoms with Crippen LogP contribution in [0.25, 0.3) is 0 Å². The number of amides is 3. The molecule has 0 unspecified atom stereocenters. The van der Waals surface area contributed by atoms with E-state index in [9.17, 15) is 36.0 Å². The molecule has 2 bridgehead atoms. The summed E-state index contributed by atoms with van der Waals surface area (Å²) in [6, 6.07) is 12.8. The molecule has 4 aromatic rings. The van der Waals surface area contributed by atoms with Gasteiger partial charge < -0.3 is 25.8 Å². The van der Waals surface area contributed by atoms with Gasteiger partial charge in [-0.2, -0.15) is 28.1 Å². The summed E-state index contributed by atoms with van der Waals surface area (Å²) in [6.07, 6.45) is -3.11. The summed E-state index contributed by atoms with van der Waals surface area (Å²) in [4.78, 5) is 55.5. The summed E-state index contributed by atoms with van der Waals surface area (Å²) >= 11 is 0. The first-order valence-electron chi connectivity index (χ1n) is 19.4. The summed E-state index contributed by atoms with van der Waals surface area (Å²) < 4.78 is 70.9. The van der Waals surface area contributed by atoms with E-state index < -0.39 is 52.1 Å². The molecular weight excluding hydrogens is 824 g/mol. The Balaban J connectivity index is 0.00000107. The standard InChI is InChI=1S/C38H51N9O6S.C2HF3O2/c1-23(2)17-29-22-53-30-15-13-28(14-16-30)19-32(45-54(51,52)33-20-39-46(7)25(33)5)38(50)42-31(18-27-11-9-8-10-12-27)37(49)43-35(24(3)4)36-40-26(6)44-47(36)21-34(48)41-29;3-2(4,5)1(6)7/h8-16,20,23-24,29,31-32,35,45H,17-19,21-22H2,1-7H3,(H,41,48)(H,42,50)(H,43,49);(H,6,7)/t29-,31-,32-,35-;/m0./s1. The number of alkyl halides is 3. The van der Waals surface area contributed by atoms with Gasteiger partial charge in [-0.3, -0.25) is 19.1 Å². The topological polar surface area (TPSA) is 229 Å². The van der Waals surface area contributed by atoms with Gasteiger partial charge in [0.2, 0.25) is 27.7 Å². The molecule has 0 fully saturated rings. The lowest BCUT2D eigenvalue weighted by molar-refractivity contribution is -0.192. The average molecular weight is 876 g/mol. The van der Waals surface area contributed by atoms with Gasteiger partial charge in [-0.1, -0.05) is 70.2 Å². The van der Waals surface area contributed by atoms with Gasteiger partial charge in [0.15, 0.2) is 5.82 Å². The van der Waals surface area contributed by atoms with Gasteiger partial charge in [0.05, 0.1) is 24.0 Å². The van der Waals surface area contributed by atoms with Crippen LogP contribution < -0.4 is 25.4 Å². The van der Waals surface area contributed by atoms with E-state index in [1.807, 2.05) is 44.2 Å². The SMILES string of the molecule is Cc1nc2n(n1)CC(=O)N[C@@H](CC(C)C)COc1ccc(cc1)C[C@H](NS(=O)(=O)c1cnn(C)c1C)C(=O)N[C@@H](Cc1ccccc1)C(=O)N[C@H]2C(C)C.O=C(O)C(F)(F)F. The molecule has 2 aliphatic rings. The van der Waals surface area contributed by atoms with E-state index in [1.54, 1.807) is 45.2 Å². The van der Waals surface area contributed by atoms with E-state index in [2.05, 4.69) is 49.7 Å². The van der Waals surface area contributed by atoms with E-state index in [0.29, 0.717) is 35.1 Å². The van der Waals surface area contributed by atoms with Crippen LogP contribution in [0.15, 0.2) is 65.7 Å². The summed E-state index contributed by atoms with van der Waals surface area (Å²) in [5, 5.41) is 24.7. The van der Waals surface area contributed by atoms with Gasteiger partial charge in [-0.15, -0.1) is 0 Å². The van der Waals surface area contributed by atoms with Gasteiger partial charge in [0.1, 0.15) is 41.7 Å². The zero-order chi connectivity index (χ0) is 45.2. The van der Waals surface area contributed by atoms with Gasteiger partial charge in [-0.05, 0) is 61.8 Å². The molecule has 21 heteroatoms. The van der Waals surface area contributed by atoms with Crippen molar-refractivity contribution in [2.24, 2.45) is 18.9 Å². The molecule has 2 aromatic heterocycles. The number of nitrogens with zero attached hydrogens (tertiary/aromatic N) is 5. The first-order valence-corrected chi connectivity index (χ1v) is 20.9. The molecule has 0 aliphatic carbocycles. The quantitative estimate of drug-likeness (QED) is 0.173. The normalized spacial score (nSPS) is 19.5. The second kappa shape index (κ2) is 20.6. The Kier molecular flexibility index (Phi) is 16.2. The summed E-state index contributed by atoms with van der Waals surface area (Å²) in [7, 11) is -2.60. The fraction of sp³-hybridized carbons (Fsp3) is 0.475. The van der Waals surface area contributed by atoms with E-state index in [1.165, 1.54) is 15.6 Å². The van der Waals surface area contributed by atoms with Crippen LogP contribution in [0.5, 0.6) is 5.75 Å². The third-order valence-corrected chi connectivity index (χ3v) is 11.1. The molecule has 0 spiro atoms. The summed E-state index contributed by atoms with van der Waals surface area (Å²) in [5.74, 6) is -2.82. The molecule has 0 saturated carbocycles. The number of carboxylic acid groups (broad SMARTS) is 1. The second-order valence-corrected chi connectivity index (χ2v) is 17.1. The highest BCUT2D eigenvalue weighted by Gasteiger charge is 2.38. The lowest BCUT2D eigenvalue weighted by Gasteiger charge is -2.27. The van der Waals surface area contributed by atoms with Crippen LogP contribution in [-0.2, 0) is 55.6 Å². The number of sulfonamides is 1. The highest BCUT2D eigenvalue weighted by Crippen LogP contribution is 2.23. The Morgan fingerprint density at radius 1 is 0.984 bits per heavy atom. The van der Waals surface area contributed by atoms with Gasteiger partial charge >= 0.3 is 12.1 Å². The minimum absolute atomic E-state index is 0.0344. The molecule has 3 amide bonds. The lowest BCUT2D eigenvalue weighted by atomic mass is 10.00.